The Balaban J connectivity index is 2.80. The van der Waals surface area contributed by atoms with Gasteiger partial charge in [-0.15, -0.1) is 0 Å². The van der Waals surface area contributed by atoms with E-state index in [0.717, 1.165) is 17.6 Å². The van der Waals surface area contributed by atoms with E-state index in [9.17, 15) is 0 Å². The third-order valence-corrected chi connectivity index (χ3v) is 2.37. The first-order chi connectivity index (χ1) is 5.77. The van der Waals surface area contributed by atoms with Gasteiger partial charge in [-0.2, -0.15) is 0 Å². The molecule has 0 aromatic heterocycles. The van der Waals surface area contributed by atoms with Gasteiger partial charge in [-0.05, 0) is 38.1 Å². The van der Waals surface area contributed by atoms with Crippen molar-refractivity contribution >= 4 is 21.6 Å². The number of nitrogens with zero attached hydrogens (tertiary/aromatic N) is 1. The molecule has 1 nitrogen and oxygen atoms in total. The van der Waals surface area contributed by atoms with Crippen molar-refractivity contribution in [3.63, 3.8) is 0 Å². The van der Waals surface area contributed by atoms with Gasteiger partial charge in [0, 0.05) is 23.2 Å². The second-order valence-corrected chi connectivity index (χ2v) is 3.47. The predicted molar refractivity (Wildman–Crippen MR) is 57.4 cm³/mol. The van der Waals surface area contributed by atoms with Crippen molar-refractivity contribution in [1.82, 2.24) is 0 Å². The molecule has 65 valence electrons. The van der Waals surface area contributed by atoms with Crippen LogP contribution in [0.2, 0.25) is 0 Å². The Kier molecular flexibility index (Phi) is 3.60. The minimum Gasteiger partial charge on any atom is -0.372 e. The molecule has 1 radical (unpaired) electrons. The summed E-state index contributed by atoms with van der Waals surface area (Å²) < 4.78 is 1.12. The van der Waals surface area contributed by atoms with Gasteiger partial charge >= 0.3 is 0 Å². The maximum atomic E-state index is 3.87. The van der Waals surface area contributed by atoms with Gasteiger partial charge in [0.1, 0.15) is 0 Å². The molecule has 2 heteroatoms. The molecular weight excluding hydrogens is 214 g/mol. The van der Waals surface area contributed by atoms with Gasteiger partial charge in [-0.25, -0.2) is 0 Å². The van der Waals surface area contributed by atoms with E-state index in [-0.39, 0.29) is 0 Å². The van der Waals surface area contributed by atoms with Crippen LogP contribution in [0.15, 0.2) is 28.7 Å². The lowest BCUT2D eigenvalue weighted by molar-refractivity contribution is 0.904. The number of benzene rings is 1. The Hall–Kier alpha value is -0.500. The van der Waals surface area contributed by atoms with E-state index >= 15 is 0 Å². The average molecular weight is 227 g/mol. The van der Waals surface area contributed by atoms with Crippen LogP contribution < -0.4 is 4.90 Å². The van der Waals surface area contributed by atoms with Gasteiger partial charge in [-0.3, -0.25) is 0 Å². The summed E-state index contributed by atoms with van der Waals surface area (Å²) in [7, 11) is 0. The number of halogens is 1. The van der Waals surface area contributed by atoms with Crippen LogP contribution in [0.25, 0.3) is 0 Å². The number of hydrogen-bond donors (Lipinski definition) is 0. The van der Waals surface area contributed by atoms with Gasteiger partial charge < -0.3 is 4.90 Å². The number of hydrogen-bond acceptors (Lipinski definition) is 1. The van der Waals surface area contributed by atoms with Crippen LogP contribution in [0.4, 0.5) is 5.69 Å². The SMILES string of the molecule is [CH2]CN(CC)c1ccc(Br)cc1. The van der Waals surface area contributed by atoms with Gasteiger partial charge in [0.05, 0.1) is 0 Å². The predicted octanol–water partition coefficient (Wildman–Crippen LogP) is 3.11. The molecule has 0 N–H and O–H groups in total. The Morgan fingerprint density at radius 2 is 1.92 bits per heavy atom. The number of anilines is 1. The van der Waals surface area contributed by atoms with Crippen LogP contribution in [-0.2, 0) is 0 Å². The standard InChI is InChI=1S/C10H13BrN/c1-3-12(4-2)10-7-5-9(11)6-8-10/h5-8H,1,3-4H2,2H3. The topological polar surface area (TPSA) is 3.24 Å². The smallest absolute Gasteiger partial charge is 0.0366 e. The maximum absolute atomic E-state index is 3.87. The van der Waals surface area contributed by atoms with E-state index in [1.807, 2.05) is 12.1 Å². The molecule has 0 heterocycles. The Morgan fingerprint density at radius 1 is 1.33 bits per heavy atom. The van der Waals surface area contributed by atoms with E-state index < -0.39 is 0 Å². The summed E-state index contributed by atoms with van der Waals surface area (Å²) in [5.41, 5.74) is 1.23. The van der Waals surface area contributed by atoms with Crippen LogP contribution in [0.3, 0.4) is 0 Å². The monoisotopic (exact) mass is 226 g/mol. The molecule has 1 aromatic rings. The molecule has 1 rings (SSSR count). The second kappa shape index (κ2) is 4.51. The van der Waals surface area contributed by atoms with Crippen molar-refractivity contribution in [2.45, 2.75) is 6.92 Å². The highest BCUT2D eigenvalue weighted by Gasteiger charge is 1.99. The van der Waals surface area contributed by atoms with Gasteiger partial charge in [-0.1, -0.05) is 15.9 Å². The lowest BCUT2D eigenvalue weighted by Crippen LogP contribution is -2.21. The van der Waals surface area contributed by atoms with E-state index in [0.29, 0.717) is 0 Å². The number of rotatable bonds is 3. The fourth-order valence-corrected chi connectivity index (χ4v) is 1.39. The fourth-order valence-electron chi connectivity index (χ4n) is 1.12. The van der Waals surface area contributed by atoms with Gasteiger partial charge in [0.2, 0.25) is 0 Å². The van der Waals surface area contributed by atoms with Crippen molar-refractivity contribution in [2.24, 2.45) is 0 Å². The highest BCUT2D eigenvalue weighted by Crippen LogP contribution is 2.17. The minimum absolute atomic E-state index is 0.818. The molecule has 0 saturated heterocycles. The third kappa shape index (κ3) is 2.24. The molecular formula is C10H13BrN. The molecule has 0 bridgehead atoms. The van der Waals surface area contributed by atoms with E-state index in [4.69, 9.17) is 0 Å². The molecule has 0 aliphatic heterocycles. The quantitative estimate of drug-likeness (QED) is 0.766. The van der Waals surface area contributed by atoms with E-state index in [1.165, 1.54) is 5.69 Å². The highest BCUT2D eigenvalue weighted by molar-refractivity contribution is 9.10. The summed E-state index contributed by atoms with van der Waals surface area (Å²) >= 11 is 3.40. The molecule has 0 aliphatic rings. The highest BCUT2D eigenvalue weighted by atomic mass is 79.9. The molecule has 0 unspecified atom stereocenters. The second-order valence-electron chi connectivity index (χ2n) is 2.56. The Morgan fingerprint density at radius 3 is 2.33 bits per heavy atom. The summed E-state index contributed by atoms with van der Waals surface area (Å²) in [6.07, 6.45) is 0. The molecule has 0 atom stereocenters. The zero-order chi connectivity index (χ0) is 8.97. The first-order valence-electron chi connectivity index (χ1n) is 4.07. The third-order valence-electron chi connectivity index (χ3n) is 1.84. The largest absolute Gasteiger partial charge is 0.372 e. The zero-order valence-corrected chi connectivity index (χ0v) is 8.84. The Bertz CT molecular complexity index is 226. The lowest BCUT2D eigenvalue weighted by atomic mass is 10.3. The van der Waals surface area contributed by atoms with Crippen molar-refractivity contribution in [3.8, 4) is 0 Å². The molecule has 0 spiro atoms. The van der Waals surface area contributed by atoms with Crippen LogP contribution in [-0.4, -0.2) is 13.1 Å². The molecule has 0 aliphatic carbocycles. The van der Waals surface area contributed by atoms with Crippen LogP contribution >= 0.6 is 15.9 Å². The van der Waals surface area contributed by atoms with Crippen LogP contribution in [0.5, 0.6) is 0 Å². The summed E-state index contributed by atoms with van der Waals surface area (Å²) in [6, 6.07) is 8.29. The molecule has 1 aromatic carbocycles. The van der Waals surface area contributed by atoms with E-state index in [2.05, 4.69) is 46.8 Å². The van der Waals surface area contributed by atoms with Crippen molar-refractivity contribution in [2.75, 3.05) is 18.0 Å². The first-order valence-corrected chi connectivity index (χ1v) is 4.87. The normalized spacial score (nSPS) is 9.92. The summed E-state index contributed by atoms with van der Waals surface area (Å²) in [5, 5.41) is 0. The molecule has 0 amide bonds. The van der Waals surface area contributed by atoms with Gasteiger partial charge in [0.25, 0.3) is 0 Å². The maximum Gasteiger partial charge on any atom is 0.0366 e. The molecule has 0 fully saturated rings. The Labute approximate surface area is 82.5 Å². The molecule has 12 heavy (non-hydrogen) atoms. The van der Waals surface area contributed by atoms with Crippen molar-refractivity contribution in [3.05, 3.63) is 35.7 Å². The van der Waals surface area contributed by atoms with Crippen LogP contribution in [0, 0.1) is 6.92 Å². The van der Waals surface area contributed by atoms with Crippen LogP contribution in [0.1, 0.15) is 6.92 Å². The lowest BCUT2D eigenvalue weighted by Gasteiger charge is -2.20. The van der Waals surface area contributed by atoms with E-state index in [1.54, 1.807) is 0 Å². The summed E-state index contributed by atoms with van der Waals surface area (Å²) in [5.74, 6) is 0. The zero-order valence-electron chi connectivity index (χ0n) is 7.26. The summed E-state index contributed by atoms with van der Waals surface area (Å²) in [6.45, 7) is 7.82. The summed E-state index contributed by atoms with van der Waals surface area (Å²) in [4.78, 5) is 2.21. The minimum atomic E-state index is 0.818. The van der Waals surface area contributed by atoms with Crippen molar-refractivity contribution < 1.29 is 0 Å². The van der Waals surface area contributed by atoms with Gasteiger partial charge in [0.15, 0.2) is 0 Å². The average Bonchev–Trinajstić information content (AvgIpc) is 2.10. The van der Waals surface area contributed by atoms with Crippen molar-refractivity contribution in [1.29, 1.82) is 0 Å². The first kappa shape index (κ1) is 9.59. The molecule has 0 saturated carbocycles. The fraction of sp³-hybridized carbons (Fsp3) is 0.300.